The van der Waals surface area contributed by atoms with E-state index in [1.165, 1.54) is 11.3 Å². The van der Waals surface area contributed by atoms with Crippen LogP contribution in [0.5, 0.6) is 0 Å². The molecule has 0 spiro atoms. The molecule has 0 bridgehead atoms. The molecule has 3 rings (SSSR count). The highest BCUT2D eigenvalue weighted by Gasteiger charge is 2.24. The topological polar surface area (TPSA) is 66.3 Å². The first-order valence-corrected chi connectivity index (χ1v) is 8.38. The smallest absolute Gasteiger partial charge is 0.355 e. The molecule has 1 N–H and O–H groups in total. The molecule has 5 nitrogen and oxygen atoms in total. The summed E-state index contributed by atoms with van der Waals surface area (Å²) in [5, 5.41) is 12.2. The number of aromatic carboxylic acids is 1. The number of carboxylic acids is 1. The number of aromatic nitrogens is 2. The minimum absolute atomic E-state index is 0.149. The Bertz CT molecular complexity index is 676. The number of carboxylic acid groups (broad SMARTS) is 1. The van der Waals surface area contributed by atoms with Crippen LogP contribution >= 0.6 is 22.9 Å². The van der Waals surface area contributed by atoms with Gasteiger partial charge < -0.3 is 5.11 Å². The summed E-state index contributed by atoms with van der Waals surface area (Å²) in [5.74, 6) is -0.654. The highest BCUT2D eigenvalue weighted by Crippen LogP contribution is 2.30. The van der Waals surface area contributed by atoms with E-state index in [2.05, 4.69) is 14.9 Å². The van der Waals surface area contributed by atoms with E-state index in [1.54, 1.807) is 11.6 Å². The fourth-order valence-electron chi connectivity index (χ4n) is 2.77. The Morgan fingerprint density at radius 2 is 2.36 bits per heavy atom. The minimum atomic E-state index is -0.958. The summed E-state index contributed by atoms with van der Waals surface area (Å²) in [6, 6.07) is 1.93. The van der Waals surface area contributed by atoms with E-state index < -0.39 is 5.97 Å². The van der Waals surface area contributed by atoms with Crippen molar-refractivity contribution in [1.29, 1.82) is 0 Å². The van der Waals surface area contributed by atoms with Gasteiger partial charge >= 0.3 is 5.97 Å². The average molecular weight is 338 g/mol. The van der Waals surface area contributed by atoms with Crippen molar-refractivity contribution in [3.05, 3.63) is 45.1 Å². The van der Waals surface area contributed by atoms with Crippen LogP contribution in [-0.2, 0) is 6.54 Å². The predicted octanol–water partition coefficient (Wildman–Crippen LogP) is 3.27. The minimum Gasteiger partial charge on any atom is -0.476 e. The van der Waals surface area contributed by atoms with Gasteiger partial charge in [-0.2, -0.15) is 0 Å². The summed E-state index contributed by atoms with van der Waals surface area (Å²) in [6.07, 6.45) is 5.60. The van der Waals surface area contributed by atoms with Crippen molar-refractivity contribution in [2.75, 3.05) is 13.1 Å². The Morgan fingerprint density at radius 3 is 3.09 bits per heavy atom. The maximum Gasteiger partial charge on any atom is 0.355 e. The van der Waals surface area contributed by atoms with Gasteiger partial charge in [-0.05, 0) is 31.0 Å². The highest BCUT2D eigenvalue weighted by molar-refractivity contribution is 7.09. The second kappa shape index (κ2) is 6.73. The number of nitrogens with zero attached hydrogens (tertiary/aromatic N) is 3. The van der Waals surface area contributed by atoms with Crippen molar-refractivity contribution in [2.45, 2.75) is 25.3 Å². The second-order valence-corrected chi connectivity index (χ2v) is 6.79. The van der Waals surface area contributed by atoms with Crippen molar-refractivity contribution >= 4 is 28.9 Å². The molecule has 0 aliphatic carbocycles. The van der Waals surface area contributed by atoms with Crippen molar-refractivity contribution in [3.8, 4) is 0 Å². The lowest BCUT2D eigenvalue weighted by Gasteiger charge is -2.31. The van der Waals surface area contributed by atoms with Crippen molar-refractivity contribution in [2.24, 2.45) is 0 Å². The zero-order valence-electron chi connectivity index (χ0n) is 11.9. The van der Waals surface area contributed by atoms with Gasteiger partial charge in [-0.1, -0.05) is 11.6 Å². The molecule has 22 heavy (non-hydrogen) atoms. The molecule has 0 radical (unpaired) electrons. The Morgan fingerprint density at radius 1 is 1.50 bits per heavy atom. The van der Waals surface area contributed by atoms with Crippen LogP contribution in [0.25, 0.3) is 0 Å². The van der Waals surface area contributed by atoms with Gasteiger partial charge in [0.15, 0.2) is 5.69 Å². The van der Waals surface area contributed by atoms with Crippen LogP contribution in [0.3, 0.4) is 0 Å². The van der Waals surface area contributed by atoms with Crippen LogP contribution in [0.15, 0.2) is 23.8 Å². The first kappa shape index (κ1) is 15.4. The molecule has 1 fully saturated rings. The van der Waals surface area contributed by atoms with E-state index in [0.29, 0.717) is 10.9 Å². The molecule has 7 heteroatoms. The van der Waals surface area contributed by atoms with Crippen molar-refractivity contribution in [1.82, 2.24) is 14.9 Å². The van der Waals surface area contributed by atoms with Crippen LogP contribution in [0.2, 0.25) is 5.02 Å². The summed E-state index contributed by atoms with van der Waals surface area (Å²) < 4.78 is 0. The molecular weight excluding hydrogens is 322 g/mol. The Labute approximate surface area is 137 Å². The zero-order valence-corrected chi connectivity index (χ0v) is 13.5. The number of thiazole rings is 1. The van der Waals surface area contributed by atoms with Gasteiger partial charge in [0.25, 0.3) is 0 Å². The zero-order chi connectivity index (χ0) is 15.5. The van der Waals surface area contributed by atoms with Gasteiger partial charge in [0.05, 0.1) is 10.0 Å². The lowest BCUT2D eigenvalue weighted by atomic mass is 9.98. The van der Waals surface area contributed by atoms with E-state index in [1.807, 2.05) is 12.3 Å². The van der Waals surface area contributed by atoms with Crippen LogP contribution in [0.4, 0.5) is 0 Å². The largest absolute Gasteiger partial charge is 0.476 e. The average Bonchev–Trinajstić information content (AvgIpc) is 2.97. The summed E-state index contributed by atoms with van der Waals surface area (Å²) in [6.45, 7) is 2.72. The molecule has 1 unspecified atom stereocenters. The molecule has 1 aliphatic heterocycles. The highest BCUT2D eigenvalue weighted by atomic mass is 35.5. The third-order valence-electron chi connectivity index (χ3n) is 3.76. The number of halogens is 1. The molecule has 0 amide bonds. The summed E-state index contributed by atoms with van der Waals surface area (Å²) in [7, 11) is 0. The molecule has 2 aromatic heterocycles. The van der Waals surface area contributed by atoms with Crippen molar-refractivity contribution in [3.63, 3.8) is 0 Å². The monoisotopic (exact) mass is 337 g/mol. The quantitative estimate of drug-likeness (QED) is 0.927. The number of hydrogen-bond donors (Lipinski definition) is 1. The fourth-order valence-corrected chi connectivity index (χ4v) is 3.89. The number of rotatable bonds is 4. The molecule has 3 heterocycles. The Balaban J connectivity index is 1.67. The molecule has 1 atom stereocenters. The molecule has 0 aromatic carbocycles. The van der Waals surface area contributed by atoms with E-state index >= 15 is 0 Å². The predicted molar refractivity (Wildman–Crippen MR) is 85.6 cm³/mol. The van der Waals surface area contributed by atoms with Gasteiger partial charge in [0, 0.05) is 36.8 Å². The maximum absolute atomic E-state index is 10.9. The third-order valence-corrected chi connectivity index (χ3v) is 4.98. The third kappa shape index (κ3) is 3.63. The van der Waals surface area contributed by atoms with Gasteiger partial charge in [0.1, 0.15) is 0 Å². The molecule has 2 aromatic rings. The maximum atomic E-state index is 10.9. The van der Waals surface area contributed by atoms with Crippen LogP contribution in [-0.4, -0.2) is 39.0 Å². The first-order chi connectivity index (χ1) is 10.6. The summed E-state index contributed by atoms with van der Waals surface area (Å²) in [5.41, 5.74) is 1.25. The lowest BCUT2D eigenvalue weighted by Crippen LogP contribution is -2.33. The molecular formula is C15H16ClN3O2S. The second-order valence-electron chi connectivity index (χ2n) is 5.46. The number of likely N-dealkylation sites (tertiary alicyclic amines) is 1. The summed E-state index contributed by atoms with van der Waals surface area (Å²) >= 11 is 7.42. The molecule has 116 valence electrons. The van der Waals surface area contributed by atoms with Gasteiger partial charge in [-0.15, -0.1) is 11.3 Å². The van der Waals surface area contributed by atoms with E-state index in [-0.39, 0.29) is 5.69 Å². The van der Waals surface area contributed by atoms with Crippen LogP contribution in [0.1, 0.15) is 39.8 Å². The normalized spacial score (nSPS) is 19.2. The van der Waals surface area contributed by atoms with Crippen LogP contribution in [0, 0.1) is 0 Å². The Hall–Kier alpha value is -1.50. The number of pyridine rings is 1. The first-order valence-electron chi connectivity index (χ1n) is 7.12. The van der Waals surface area contributed by atoms with E-state index in [9.17, 15) is 4.79 Å². The Kier molecular flexibility index (Phi) is 4.71. The van der Waals surface area contributed by atoms with Crippen molar-refractivity contribution < 1.29 is 9.90 Å². The number of hydrogen-bond acceptors (Lipinski definition) is 5. The standard InChI is InChI=1S/C15H16ClN3O2S/c16-12-4-10(5-17-6-12)7-19-3-1-2-11(8-19)14-18-13(9-22-14)15(20)21/h4-6,9,11H,1-3,7-8H2,(H,20,21). The SMILES string of the molecule is O=C(O)c1csc(C2CCCN(Cc3cncc(Cl)c3)C2)n1. The summed E-state index contributed by atoms with van der Waals surface area (Å²) in [4.78, 5) is 21.7. The molecule has 1 aliphatic rings. The van der Waals surface area contributed by atoms with Gasteiger partial charge in [-0.25, -0.2) is 9.78 Å². The van der Waals surface area contributed by atoms with Gasteiger partial charge in [-0.3, -0.25) is 9.88 Å². The number of carbonyl (C=O) groups is 1. The molecule has 1 saturated heterocycles. The van der Waals surface area contributed by atoms with E-state index in [4.69, 9.17) is 16.7 Å². The van der Waals surface area contributed by atoms with Gasteiger partial charge in [0.2, 0.25) is 0 Å². The van der Waals surface area contributed by atoms with Crippen LogP contribution < -0.4 is 0 Å². The van der Waals surface area contributed by atoms with E-state index in [0.717, 1.165) is 43.0 Å². The fraction of sp³-hybridized carbons (Fsp3) is 0.400. The number of piperidine rings is 1. The molecule has 0 saturated carbocycles. The lowest BCUT2D eigenvalue weighted by molar-refractivity contribution is 0.0691.